The lowest BCUT2D eigenvalue weighted by Crippen LogP contribution is -2.17. The first-order chi connectivity index (χ1) is 9.85. The molecule has 21 heavy (non-hydrogen) atoms. The maximum atomic E-state index is 11.0. The average molecular weight is 294 g/mol. The minimum absolute atomic E-state index is 0.141. The van der Waals surface area contributed by atoms with Gasteiger partial charge in [-0.3, -0.25) is 9.59 Å². The predicted molar refractivity (Wildman–Crippen MR) is 78.1 cm³/mol. The third-order valence-corrected chi connectivity index (χ3v) is 3.12. The summed E-state index contributed by atoms with van der Waals surface area (Å²) < 4.78 is 15.6. The normalized spacial score (nSPS) is 11.7. The van der Waals surface area contributed by atoms with E-state index in [1.807, 2.05) is 26.0 Å². The first kappa shape index (κ1) is 17.0. The van der Waals surface area contributed by atoms with Crippen molar-refractivity contribution in [3.8, 4) is 5.75 Å². The highest BCUT2D eigenvalue weighted by Crippen LogP contribution is 2.28. The van der Waals surface area contributed by atoms with Crippen molar-refractivity contribution in [3.63, 3.8) is 0 Å². The Labute approximate surface area is 125 Å². The van der Waals surface area contributed by atoms with Gasteiger partial charge in [0.25, 0.3) is 0 Å². The highest BCUT2D eigenvalue weighted by atomic mass is 16.5. The number of hydrogen-bond donors (Lipinski definition) is 0. The summed E-state index contributed by atoms with van der Waals surface area (Å²) in [4.78, 5) is 22.1. The van der Waals surface area contributed by atoms with Gasteiger partial charge in [-0.15, -0.1) is 0 Å². The van der Waals surface area contributed by atoms with Crippen molar-refractivity contribution in [2.24, 2.45) is 0 Å². The van der Waals surface area contributed by atoms with Crippen LogP contribution in [0.15, 0.2) is 12.1 Å². The monoisotopic (exact) mass is 294 g/mol. The highest BCUT2D eigenvalue weighted by Gasteiger charge is 2.17. The third-order valence-electron chi connectivity index (χ3n) is 3.12. The van der Waals surface area contributed by atoms with Gasteiger partial charge in [0.15, 0.2) is 0 Å². The molecule has 0 amide bonds. The number of esters is 2. The lowest BCUT2D eigenvalue weighted by atomic mass is 9.96. The number of carbonyl (C=O) groups excluding carboxylic acids is 2. The summed E-state index contributed by atoms with van der Waals surface area (Å²) in [6.45, 7) is 6.68. The lowest BCUT2D eigenvalue weighted by molar-refractivity contribution is -0.145. The summed E-state index contributed by atoms with van der Waals surface area (Å²) in [5.41, 5.74) is 2.83. The Morgan fingerprint density at radius 2 is 1.81 bits per heavy atom. The molecule has 5 heteroatoms. The number of aryl methyl sites for hydroxylation is 1. The first-order valence-electron chi connectivity index (χ1n) is 6.81. The van der Waals surface area contributed by atoms with Crippen LogP contribution >= 0.6 is 0 Å². The molecule has 5 nitrogen and oxygen atoms in total. The Hall–Kier alpha value is -2.04. The second-order valence-corrected chi connectivity index (χ2v) is 4.95. The van der Waals surface area contributed by atoms with Crippen molar-refractivity contribution >= 4 is 11.9 Å². The van der Waals surface area contributed by atoms with E-state index < -0.39 is 0 Å². The van der Waals surface area contributed by atoms with Gasteiger partial charge in [0, 0.05) is 25.8 Å². The van der Waals surface area contributed by atoms with Gasteiger partial charge in [-0.2, -0.15) is 0 Å². The van der Waals surface area contributed by atoms with Crippen LogP contribution in [-0.2, 0) is 32.1 Å². The van der Waals surface area contributed by atoms with Crippen LogP contribution in [0.25, 0.3) is 0 Å². The van der Waals surface area contributed by atoms with Crippen molar-refractivity contribution in [2.45, 2.75) is 46.8 Å². The van der Waals surface area contributed by atoms with Crippen molar-refractivity contribution < 1.29 is 23.8 Å². The van der Waals surface area contributed by atoms with Gasteiger partial charge < -0.3 is 14.2 Å². The summed E-state index contributed by atoms with van der Waals surface area (Å²) in [5.74, 6) is -0.00555. The number of carbonyl (C=O) groups is 2. The van der Waals surface area contributed by atoms with Gasteiger partial charge in [-0.05, 0) is 31.0 Å². The molecule has 1 rings (SSSR count). The Morgan fingerprint density at radius 3 is 2.33 bits per heavy atom. The molecule has 1 aromatic rings. The van der Waals surface area contributed by atoms with Crippen LogP contribution in [0.3, 0.4) is 0 Å². The largest absolute Gasteiger partial charge is 0.496 e. The molecule has 0 heterocycles. The van der Waals surface area contributed by atoms with Crippen molar-refractivity contribution in [2.75, 3.05) is 7.11 Å². The van der Waals surface area contributed by atoms with Crippen molar-refractivity contribution in [1.82, 2.24) is 0 Å². The van der Waals surface area contributed by atoms with E-state index in [1.54, 1.807) is 7.11 Å². The van der Waals surface area contributed by atoms with Gasteiger partial charge in [-0.25, -0.2) is 0 Å². The molecule has 0 unspecified atom stereocenters. The Balaban J connectivity index is 3.08. The van der Waals surface area contributed by atoms with Crippen molar-refractivity contribution in [1.29, 1.82) is 0 Å². The van der Waals surface area contributed by atoms with Crippen LogP contribution in [0, 0.1) is 6.92 Å². The fraction of sp³-hybridized carbons (Fsp3) is 0.500. The Morgan fingerprint density at radius 1 is 1.14 bits per heavy atom. The summed E-state index contributed by atoms with van der Waals surface area (Å²) in [5, 5.41) is 0. The van der Waals surface area contributed by atoms with Gasteiger partial charge in [0.1, 0.15) is 18.5 Å². The standard InChI is InChI=1S/C16H22O5/c1-10-6-7-16(19-5)15(9-20-12(3)17)14(10)8-11(2)21-13(4)18/h6-7,11H,8-9H2,1-5H3/t11-/m0/s1. The van der Waals surface area contributed by atoms with Gasteiger partial charge in [0.05, 0.1) is 7.11 Å². The molecule has 1 atom stereocenters. The van der Waals surface area contributed by atoms with E-state index in [1.165, 1.54) is 13.8 Å². The minimum Gasteiger partial charge on any atom is -0.496 e. The van der Waals surface area contributed by atoms with Crippen molar-refractivity contribution in [3.05, 3.63) is 28.8 Å². The third kappa shape index (κ3) is 5.10. The fourth-order valence-electron chi connectivity index (χ4n) is 2.21. The van der Waals surface area contributed by atoms with Crippen LogP contribution < -0.4 is 4.74 Å². The summed E-state index contributed by atoms with van der Waals surface area (Å²) in [6, 6.07) is 3.78. The Kier molecular flexibility index (Phi) is 6.21. The molecule has 0 saturated carbocycles. The van der Waals surface area contributed by atoms with E-state index in [4.69, 9.17) is 14.2 Å². The minimum atomic E-state index is -0.349. The second kappa shape index (κ2) is 7.67. The van der Waals surface area contributed by atoms with Crippen LogP contribution in [0.5, 0.6) is 5.75 Å². The first-order valence-corrected chi connectivity index (χ1v) is 6.81. The molecule has 0 N–H and O–H groups in total. The van der Waals surface area contributed by atoms with Crippen LogP contribution in [0.1, 0.15) is 37.5 Å². The molecule has 0 spiro atoms. The molecule has 0 aromatic heterocycles. The van der Waals surface area contributed by atoms with E-state index in [9.17, 15) is 9.59 Å². The average Bonchev–Trinajstić information content (AvgIpc) is 2.38. The van der Waals surface area contributed by atoms with Crippen LogP contribution in [0.2, 0.25) is 0 Å². The lowest BCUT2D eigenvalue weighted by Gasteiger charge is -2.19. The molecule has 0 aliphatic rings. The molecular weight excluding hydrogens is 272 g/mol. The molecule has 0 fully saturated rings. The van der Waals surface area contributed by atoms with Gasteiger partial charge in [-0.1, -0.05) is 6.07 Å². The number of benzene rings is 1. The van der Waals surface area contributed by atoms with Gasteiger partial charge in [0.2, 0.25) is 0 Å². The van der Waals surface area contributed by atoms with E-state index in [2.05, 4.69) is 0 Å². The maximum absolute atomic E-state index is 11.0. The summed E-state index contributed by atoms with van der Waals surface area (Å²) >= 11 is 0. The molecule has 0 radical (unpaired) electrons. The quantitative estimate of drug-likeness (QED) is 0.755. The summed E-state index contributed by atoms with van der Waals surface area (Å²) in [7, 11) is 1.57. The molecule has 1 aromatic carbocycles. The zero-order valence-electron chi connectivity index (χ0n) is 13.2. The predicted octanol–water partition coefficient (Wildman–Crippen LogP) is 2.56. The molecule has 0 aliphatic heterocycles. The second-order valence-electron chi connectivity index (χ2n) is 4.95. The summed E-state index contributed by atoms with van der Waals surface area (Å²) in [6.07, 6.45) is 0.281. The van der Waals surface area contributed by atoms with Crippen LogP contribution in [-0.4, -0.2) is 25.2 Å². The van der Waals surface area contributed by atoms with E-state index in [0.29, 0.717) is 12.2 Å². The SMILES string of the molecule is COc1ccc(C)c(C[C@H](C)OC(C)=O)c1COC(C)=O. The molecule has 0 saturated heterocycles. The smallest absolute Gasteiger partial charge is 0.302 e. The molecule has 0 aliphatic carbocycles. The van der Waals surface area contributed by atoms with Crippen LogP contribution in [0.4, 0.5) is 0 Å². The fourth-order valence-corrected chi connectivity index (χ4v) is 2.21. The van der Waals surface area contributed by atoms with E-state index in [-0.39, 0.29) is 24.6 Å². The number of ether oxygens (including phenoxy) is 3. The topological polar surface area (TPSA) is 61.8 Å². The molecule has 0 bridgehead atoms. The highest BCUT2D eigenvalue weighted by molar-refractivity contribution is 5.66. The Bertz CT molecular complexity index is 522. The van der Waals surface area contributed by atoms with E-state index >= 15 is 0 Å². The molecular formula is C16H22O5. The number of rotatable bonds is 6. The number of methoxy groups -OCH3 is 1. The number of hydrogen-bond acceptors (Lipinski definition) is 5. The molecule has 116 valence electrons. The zero-order chi connectivity index (χ0) is 16.0. The van der Waals surface area contributed by atoms with Gasteiger partial charge >= 0.3 is 11.9 Å². The zero-order valence-corrected chi connectivity index (χ0v) is 13.2. The maximum Gasteiger partial charge on any atom is 0.302 e. The van der Waals surface area contributed by atoms with E-state index in [0.717, 1.165) is 16.7 Å².